The van der Waals surface area contributed by atoms with Crippen LogP contribution in [0.15, 0.2) is 34.2 Å². The zero-order valence-corrected chi connectivity index (χ0v) is 14.3. The normalized spacial score (nSPS) is 19.4. The quantitative estimate of drug-likeness (QED) is 0.729. The highest BCUT2D eigenvalue weighted by molar-refractivity contribution is 7.90. The Bertz CT molecular complexity index is 801. The van der Waals surface area contributed by atoms with Crippen LogP contribution in [0.3, 0.4) is 0 Å². The number of hydrogen-bond donors (Lipinski definition) is 2. The van der Waals surface area contributed by atoms with Crippen LogP contribution in [0.2, 0.25) is 0 Å². The highest BCUT2D eigenvalue weighted by Crippen LogP contribution is 2.23. The second kappa shape index (κ2) is 6.60. The number of ether oxygens (including phenoxy) is 1. The highest BCUT2D eigenvalue weighted by atomic mass is 32.2. The van der Waals surface area contributed by atoms with Gasteiger partial charge in [0.05, 0.1) is 4.90 Å². The molecular formula is C15H19N3O5S. The molecule has 2 rings (SSSR count). The number of benzene rings is 1. The largest absolute Gasteiger partial charge is 0.451 e. The maximum atomic E-state index is 12.2. The molecule has 0 unspecified atom stereocenters. The number of primary amides is 1. The lowest BCUT2D eigenvalue weighted by atomic mass is 10.0. The van der Waals surface area contributed by atoms with E-state index in [4.69, 9.17) is 10.5 Å². The van der Waals surface area contributed by atoms with Crippen LogP contribution in [0.1, 0.15) is 26.3 Å². The molecule has 9 heteroatoms. The molecule has 130 valence electrons. The predicted molar refractivity (Wildman–Crippen MR) is 86.7 cm³/mol. The number of nitrogens with one attached hydrogen (secondary N) is 1. The molecule has 0 saturated carbocycles. The molecule has 0 spiro atoms. The van der Waals surface area contributed by atoms with Gasteiger partial charge in [-0.1, -0.05) is 26.0 Å². The summed E-state index contributed by atoms with van der Waals surface area (Å²) in [6.07, 6.45) is -1.09. The van der Waals surface area contributed by atoms with Gasteiger partial charge in [0.25, 0.3) is 15.9 Å². The third kappa shape index (κ3) is 3.56. The van der Waals surface area contributed by atoms with Crippen LogP contribution in [0.5, 0.6) is 0 Å². The monoisotopic (exact) mass is 353 g/mol. The molecular weight excluding hydrogens is 334 g/mol. The van der Waals surface area contributed by atoms with Gasteiger partial charge in [0.1, 0.15) is 5.84 Å². The summed E-state index contributed by atoms with van der Waals surface area (Å²) < 4.78 is 31.5. The van der Waals surface area contributed by atoms with E-state index < -0.39 is 34.0 Å². The third-order valence-electron chi connectivity index (χ3n) is 3.50. The minimum atomic E-state index is -3.70. The fraction of sp³-hybridized carbons (Fsp3) is 0.400. The molecule has 0 fully saturated rings. The minimum Gasteiger partial charge on any atom is -0.451 e. The van der Waals surface area contributed by atoms with Crippen molar-refractivity contribution in [2.75, 3.05) is 0 Å². The number of fused-ring (bicyclic) bond motifs is 1. The SMILES string of the molecule is CC(C)[C@@H](N=C1NS(=O)(=O)c2ccccc21)C(=O)O[C@@H](C)C(N)=O. The van der Waals surface area contributed by atoms with Gasteiger partial charge in [-0.15, -0.1) is 0 Å². The summed E-state index contributed by atoms with van der Waals surface area (Å²) in [6, 6.07) is 5.35. The Morgan fingerprint density at radius 2 is 1.83 bits per heavy atom. The molecule has 1 aliphatic heterocycles. The molecule has 8 nitrogen and oxygen atoms in total. The molecule has 0 bridgehead atoms. The van der Waals surface area contributed by atoms with Crippen LogP contribution in [-0.2, 0) is 24.3 Å². The first-order valence-corrected chi connectivity index (χ1v) is 8.81. The predicted octanol–water partition coefficient (Wildman–Crippen LogP) is 0.167. The molecule has 0 aliphatic carbocycles. The molecule has 1 heterocycles. The standard InChI is InChI=1S/C15H19N3O5S/c1-8(2)12(15(20)23-9(3)13(16)19)17-14-10-6-4-5-7-11(10)24(21,22)18-14/h4-9,12H,1-3H3,(H2,16,19)(H,17,18)/t9-,12+/m0/s1. The zero-order valence-electron chi connectivity index (χ0n) is 13.5. The van der Waals surface area contributed by atoms with E-state index in [1.165, 1.54) is 13.0 Å². The van der Waals surface area contributed by atoms with Gasteiger partial charge in [-0.25, -0.2) is 13.2 Å². The molecule has 1 aromatic carbocycles. The lowest BCUT2D eigenvalue weighted by Crippen LogP contribution is -2.37. The molecule has 2 atom stereocenters. The van der Waals surface area contributed by atoms with E-state index in [-0.39, 0.29) is 16.6 Å². The average Bonchev–Trinajstić information content (AvgIpc) is 2.75. The van der Waals surface area contributed by atoms with E-state index in [0.29, 0.717) is 5.56 Å². The number of aliphatic imine (C=N–C) groups is 1. The van der Waals surface area contributed by atoms with Gasteiger partial charge in [-0.05, 0) is 25.0 Å². The van der Waals surface area contributed by atoms with Gasteiger partial charge >= 0.3 is 5.97 Å². The molecule has 1 amide bonds. The summed E-state index contributed by atoms with van der Waals surface area (Å²) >= 11 is 0. The summed E-state index contributed by atoms with van der Waals surface area (Å²) in [4.78, 5) is 27.6. The van der Waals surface area contributed by atoms with Crippen LogP contribution >= 0.6 is 0 Å². The van der Waals surface area contributed by atoms with Crippen LogP contribution in [0.4, 0.5) is 0 Å². The first-order valence-electron chi connectivity index (χ1n) is 7.33. The van der Waals surface area contributed by atoms with Crippen molar-refractivity contribution in [1.82, 2.24) is 4.72 Å². The van der Waals surface area contributed by atoms with Crippen molar-refractivity contribution >= 4 is 27.7 Å². The van der Waals surface area contributed by atoms with Crippen LogP contribution in [0.25, 0.3) is 0 Å². The Balaban J connectivity index is 2.36. The third-order valence-corrected chi connectivity index (χ3v) is 4.89. The molecule has 0 aromatic heterocycles. The fourth-order valence-corrected chi connectivity index (χ4v) is 3.38. The van der Waals surface area contributed by atoms with Crippen molar-refractivity contribution in [3.63, 3.8) is 0 Å². The van der Waals surface area contributed by atoms with E-state index in [2.05, 4.69) is 9.71 Å². The smallest absolute Gasteiger partial charge is 0.331 e. The number of esters is 1. The van der Waals surface area contributed by atoms with Crippen molar-refractivity contribution in [2.45, 2.75) is 37.8 Å². The van der Waals surface area contributed by atoms with Crippen molar-refractivity contribution in [3.8, 4) is 0 Å². The summed E-state index contributed by atoms with van der Waals surface area (Å²) in [5.41, 5.74) is 5.47. The number of carbonyl (C=O) groups excluding carboxylic acids is 2. The topological polar surface area (TPSA) is 128 Å². The molecule has 1 aromatic rings. The highest BCUT2D eigenvalue weighted by Gasteiger charge is 2.33. The van der Waals surface area contributed by atoms with E-state index >= 15 is 0 Å². The number of carbonyl (C=O) groups is 2. The summed E-state index contributed by atoms with van der Waals surface area (Å²) in [5.74, 6) is -1.71. The van der Waals surface area contributed by atoms with E-state index in [1.54, 1.807) is 32.0 Å². The lowest BCUT2D eigenvalue weighted by Gasteiger charge is -2.18. The first kappa shape index (κ1) is 17.9. The van der Waals surface area contributed by atoms with Gasteiger partial charge in [0.15, 0.2) is 12.1 Å². The summed E-state index contributed by atoms with van der Waals surface area (Å²) in [5, 5.41) is 0. The number of nitrogens with two attached hydrogens (primary N) is 1. The molecule has 3 N–H and O–H groups in total. The Morgan fingerprint density at radius 3 is 2.42 bits per heavy atom. The van der Waals surface area contributed by atoms with E-state index in [9.17, 15) is 18.0 Å². The Kier molecular flexibility index (Phi) is 4.93. The Morgan fingerprint density at radius 1 is 1.21 bits per heavy atom. The Labute approximate surface area is 140 Å². The van der Waals surface area contributed by atoms with Gasteiger partial charge in [0.2, 0.25) is 0 Å². The minimum absolute atomic E-state index is 0.0768. The maximum Gasteiger partial charge on any atom is 0.331 e. The van der Waals surface area contributed by atoms with Gasteiger partial charge in [-0.2, -0.15) is 0 Å². The van der Waals surface area contributed by atoms with Crippen LogP contribution < -0.4 is 10.5 Å². The van der Waals surface area contributed by atoms with Crippen molar-refractivity contribution in [3.05, 3.63) is 29.8 Å². The zero-order chi connectivity index (χ0) is 18.1. The van der Waals surface area contributed by atoms with Crippen LogP contribution in [-0.4, -0.2) is 38.3 Å². The second-order valence-electron chi connectivity index (χ2n) is 5.75. The number of rotatable bonds is 5. The molecule has 0 saturated heterocycles. The van der Waals surface area contributed by atoms with Crippen molar-refractivity contribution < 1.29 is 22.7 Å². The maximum absolute atomic E-state index is 12.2. The van der Waals surface area contributed by atoms with Gasteiger partial charge in [0, 0.05) is 5.56 Å². The van der Waals surface area contributed by atoms with Gasteiger partial charge in [-0.3, -0.25) is 14.5 Å². The number of nitrogens with zero attached hydrogens (tertiary/aromatic N) is 1. The van der Waals surface area contributed by atoms with Crippen molar-refractivity contribution in [2.24, 2.45) is 16.6 Å². The number of amides is 1. The second-order valence-corrected chi connectivity index (χ2v) is 7.40. The average molecular weight is 353 g/mol. The number of sulfonamides is 1. The van der Waals surface area contributed by atoms with Gasteiger partial charge < -0.3 is 10.5 Å². The summed E-state index contributed by atoms with van der Waals surface area (Å²) in [6.45, 7) is 4.83. The van der Waals surface area contributed by atoms with E-state index in [1.807, 2.05) is 0 Å². The fourth-order valence-electron chi connectivity index (χ4n) is 2.14. The van der Waals surface area contributed by atoms with Crippen molar-refractivity contribution in [1.29, 1.82) is 0 Å². The van der Waals surface area contributed by atoms with E-state index in [0.717, 1.165) is 0 Å². The molecule has 1 aliphatic rings. The Hall–Kier alpha value is -2.42. The first-order chi connectivity index (χ1) is 11.1. The number of amidine groups is 1. The number of hydrogen-bond acceptors (Lipinski definition) is 6. The molecule has 24 heavy (non-hydrogen) atoms. The lowest BCUT2D eigenvalue weighted by molar-refractivity contribution is -0.155. The summed E-state index contributed by atoms with van der Waals surface area (Å²) in [7, 11) is -3.70. The van der Waals surface area contributed by atoms with Crippen LogP contribution in [0, 0.1) is 5.92 Å². The molecule has 0 radical (unpaired) electrons.